The highest BCUT2D eigenvalue weighted by molar-refractivity contribution is 6.30. The van der Waals surface area contributed by atoms with E-state index in [0.717, 1.165) is 18.5 Å². The lowest BCUT2D eigenvalue weighted by Crippen LogP contribution is -2.33. The first-order valence-corrected chi connectivity index (χ1v) is 7.03. The zero-order chi connectivity index (χ0) is 14.0. The van der Waals surface area contributed by atoms with Crippen LogP contribution in [0.4, 0.5) is 0 Å². The van der Waals surface area contributed by atoms with Crippen molar-refractivity contribution in [2.24, 2.45) is 5.41 Å². The topological polar surface area (TPSA) is 32.3 Å². The molecule has 19 heavy (non-hydrogen) atoms. The number of nitrogens with one attached hydrogen (secondary N) is 1. The van der Waals surface area contributed by atoms with Gasteiger partial charge in [0.25, 0.3) is 0 Å². The van der Waals surface area contributed by atoms with Crippen LogP contribution in [0.15, 0.2) is 24.3 Å². The first-order valence-electron chi connectivity index (χ1n) is 6.65. The van der Waals surface area contributed by atoms with Gasteiger partial charge in [0.05, 0.1) is 6.54 Å². The monoisotopic (exact) mass is 280 g/mol. The fraction of sp³-hybridized carbons (Fsp3) is 0.533. The van der Waals surface area contributed by atoms with Crippen LogP contribution in [0.1, 0.15) is 38.9 Å². The van der Waals surface area contributed by atoms with Gasteiger partial charge in [-0.3, -0.25) is 10.1 Å². The maximum Gasteiger partial charge on any atom is 0.238 e. The Bertz CT molecular complexity index is 467. The lowest BCUT2D eigenvalue weighted by molar-refractivity contribution is -0.128. The van der Waals surface area contributed by atoms with Crippen LogP contribution in [-0.4, -0.2) is 23.9 Å². The van der Waals surface area contributed by atoms with Crippen molar-refractivity contribution in [1.82, 2.24) is 10.2 Å². The van der Waals surface area contributed by atoms with Gasteiger partial charge < -0.3 is 4.90 Å². The van der Waals surface area contributed by atoms with E-state index in [1.54, 1.807) is 0 Å². The zero-order valence-electron chi connectivity index (χ0n) is 11.7. The van der Waals surface area contributed by atoms with Crippen LogP contribution < -0.4 is 5.32 Å². The number of amides is 1. The predicted octanol–water partition coefficient (Wildman–Crippen LogP) is 3.21. The van der Waals surface area contributed by atoms with Gasteiger partial charge in [0.15, 0.2) is 0 Å². The Hall–Kier alpha value is -1.06. The van der Waals surface area contributed by atoms with Gasteiger partial charge in [-0.2, -0.15) is 0 Å². The van der Waals surface area contributed by atoms with Crippen molar-refractivity contribution in [1.29, 1.82) is 0 Å². The summed E-state index contributed by atoms with van der Waals surface area (Å²) in [6.07, 6.45) is 0.936. The smallest absolute Gasteiger partial charge is 0.238 e. The Morgan fingerprint density at radius 1 is 1.42 bits per heavy atom. The Morgan fingerprint density at radius 3 is 2.79 bits per heavy atom. The molecule has 1 atom stereocenters. The molecular formula is C15H21ClN2O. The van der Waals surface area contributed by atoms with Crippen molar-refractivity contribution >= 4 is 17.5 Å². The lowest BCUT2D eigenvalue weighted by atomic mass is 9.92. The molecule has 1 aromatic carbocycles. The average molecular weight is 281 g/mol. The maximum atomic E-state index is 12.0. The van der Waals surface area contributed by atoms with E-state index in [4.69, 9.17) is 11.6 Å². The molecule has 1 saturated heterocycles. The molecule has 0 aromatic heterocycles. The van der Waals surface area contributed by atoms with Gasteiger partial charge >= 0.3 is 0 Å². The van der Waals surface area contributed by atoms with Gasteiger partial charge in [0.2, 0.25) is 5.91 Å². The number of rotatable bonds is 3. The molecule has 2 rings (SSSR count). The number of hydrogen-bond acceptors (Lipinski definition) is 2. The van der Waals surface area contributed by atoms with Crippen molar-refractivity contribution in [2.45, 2.75) is 33.4 Å². The van der Waals surface area contributed by atoms with E-state index < -0.39 is 0 Å². The van der Waals surface area contributed by atoms with Crippen LogP contribution in [0.3, 0.4) is 0 Å². The Balaban J connectivity index is 2.13. The molecule has 1 unspecified atom stereocenters. The maximum absolute atomic E-state index is 12.0. The summed E-state index contributed by atoms with van der Waals surface area (Å²) in [6.45, 7) is 7.74. The van der Waals surface area contributed by atoms with Crippen molar-refractivity contribution in [3.63, 3.8) is 0 Å². The van der Waals surface area contributed by atoms with Crippen LogP contribution in [-0.2, 0) is 4.79 Å². The first-order chi connectivity index (χ1) is 8.87. The number of nitrogens with zero attached hydrogens (tertiary/aromatic N) is 1. The second-order valence-electron chi connectivity index (χ2n) is 6.24. The number of benzene rings is 1. The normalized spacial score (nSPS) is 20.1. The third-order valence-corrected chi connectivity index (χ3v) is 3.58. The highest BCUT2D eigenvalue weighted by Crippen LogP contribution is 2.27. The quantitative estimate of drug-likeness (QED) is 0.922. The van der Waals surface area contributed by atoms with E-state index in [0.29, 0.717) is 11.6 Å². The van der Waals surface area contributed by atoms with Crippen LogP contribution in [0.5, 0.6) is 0 Å². The molecule has 0 spiro atoms. The summed E-state index contributed by atoms with van der Waals surface area (Å²) in [5.74, 6) is 0.161. The van der Waals surface area contributed by atoms with E-state index in [1.807, 2.05) is 29.2 Å². The Labute approximate surface area is 119 Å². The molecule has 0 radical (unpaired) electrons. The molecule has 1 aromatic rings. The summed E-state index contributed by atoms with van der Waals surface area (Å²) in [5.41, 5.74) is 1.27. The fourth-order valence-electron chi connectivity index (χ4n) is 2.22. The molecular weight excluding hydrogens is 260 g/mol. The molecule has 1 heterocycles. The van der Waals surface area contributed by atoms with Gasteiger partial charge in [-0.1, -0.05) is 44.5 Å². The van der Waals surface area contributed by atoms with Gasteiger partial charge in [0.1, 0.15) is 6.17 Å². The average Bonchev–Trinajstić information content (AvgIpc) is 2.67. The number of carbonyl (C=O) groups excluding carboxylic acids is 1. The molecule has 0 saturated carbocycles. The van der Waals surface area contributed by atoms with E-state index in [2.05, 4.69) is 26.1 Å². The second kappa shape index (κ2) is 5.51. The highest BCUT2D eigenvalue weighted by Gasteiger charge is 2.32. The molecule has 1 aliphatic rings. The third-order valence-electron chi connectivity index (χ3n) is 3.35. The molecule has 1 amide bonds. The minimum Gasteiger partial charge on any atom is -0.322 e. The third kappa shape index (κ3) is 3.71. The molecule has 1 aliphatic heterocycles. The summed E-state index contributed by atoms with van der Waals surface area (Å²) in [6, 6.07) is 7.69. The molecule has 3 nitrogen and oxygen atoms in total. The standard InChI is InChI=1S/C15H21ClN2O/c1-15(2,3)7-8-18-13(19)10-17-14(18)11-5-4-6-12(16)9-11/h4-6,9,14,17H,7-8,10H2,1-3H3. The SMILES string of the molecule is CC(C)(C)CCN1C(=O)CNC1c1cccc(Cl)c1. The zero-order valence-corrected chi connectivity index (χ0v) is 12.5. The molecule has 1 N–H and O–H groups in total. The van der Waals surface area contributed by atoms with Crippen LogP contribution in [0.2, 0.25) is 5.02 Å². The van der Waals surface area contributed by atoms with Crippen LogP contribution in [0, 0.1) is 5.41 Å². The van der Waals surface area contributed by atoms with Gasteiger partial charge in [0, 0.05) is 11.6 Å². The molecule has 104 valence electrons. The van der Waals surface area contributed by atoms with Gasteiger partial charge in [-0.15, -0.1) is 0 Å². The molecule has 0 bridgehead atoms. The molecule has 4 heteroatoms. The predicted molar refractivity (Wildman–Crippen MR) is 78.0 cm³/mol. The summed E-state index contributed by atoms with van der Waals surface area (Å²) in [4.78, 5) is 13.9. The van der Waals surface area contributed by atoms with Crippen LogP contribution >= 0.6 is 11.6 Å². The van der Waals surface area contributed by atoms with Crippen molar-refractivity contribution < 1.29 is 4.79 Å². The van der Waals surface area contributed by atoms with Gasteiger partial charge in [-0.25, -0.2) is 0 Å². The number of halogens is 1. The summed E-state index contributed by atoms with van der Waals surface area (Å²) in [7, 11) is 0. The number of carbonyl (C=O) groups is 1. The summed E-state index contributed by atoms with van der Waals surface area (Å²) >= 11 is 6.03. The van der Waals surface area contributed by atoms with Crippen molar-refractivity contribution in [2.75, 3.05) is 13.1 Å². The van der Waals surface area contributed by atoms with E-state index in [-0.39, 0.29) is 17.5 Å². The molecule has 1 fully saturated rings. The van der Waals surface area contributed by atoms with Crippen LogP contribution in [0.25, 0.3) is 0 Å². The lowest BCUT2D eigenvalue weighted by Gasteiger charge is -2.28. The first kappa shape index (κ1) is 14.4. The minimum atomic E-state index is -0.0476. The van der Waals surface area contributed by atoms with Crippen molar-refractivity contribution in [3.05, 3.63) is 34.9 Å². The minimum absolute atomic E-state index is 0.0476. The van der Waals surface area contributed by atoms with E-state index >= 15 is 0 Å². The Kier molecular flexibility index (Phi) is 4.16. The fourth-order valence-corrected chi connectivity index (χ4v) is 2.42. The van der Waals surface area contributed by atoms with Crippen molar-refractivity contribution in [3.8, 4) is 0 Å². The summed E-state index contributed by atoms with van der Waals surface area (Å²) in [5, 5.41) is 3.96. The largest absolute Gasteiger partial charge is 0.322 e. The molecule has 0 aliphatic carbocycles. The Morgan fingerprint density at radius 2 is 2.16 bits per heavy atom. The number of hydrogen-bond donors (Lipinski definition) is 1. The van der Waals surface area contributed by atoms with E-state index in [9.17, 15) is 4.79 Å². The van der Waals surface area contributed by atoms with E-state index in [1.165, 1.54) is 0 Å². The second-order valence-corrected chi connectivity index (χ2v) is 6.67. The van der Waals surface area contributed by atoms with Gasteiger partial charge in [-0.05, 0) is 29.5 Å². The highest BCUT2D eigenvalue weighted by atomic mass is 35.5. The summed E-state index contributed by atoms with van der Waals surface area (Å²) < 4.78 is 0.